The quantitative estimate of drug-likeness (QED) is 0.868. The smallest absolute Gasteiger partial charge is 0.241 e. The van der Waals surface area contributed by atoms with Crippen LogP contribution in [0, 0.1) is 11.3 Å². The molecule has 7 heteroatoms. The number of nitrogens with zero attached hydrogens (tertiary/aromatic N) is 1. The Morgan fingerprint density at radius 2 is 1.75 bits per heavy atom. The van der Waals surface area contributed by atoms with Crippen LogP contribution in [0.3, 0.4) is 0 Å². The maximum Gasteiger partial charge on any atom is 0.241 e. The molecule has 0 aliphatic carbocycles. The van der Waals surface area contributed by atoms with Gasteiger partial charge in [-0.2, -0.15) is 5.26 Å². The second-order valence-electron chi connectivity index (χ2n) is 5.09. The van der Waals surface area contributed by atoms with Crippen LogP contribution < -0.4 is 14.2 Å². The number of nitriles is 1. The average Bonchev–Trinajstić information content (AvgIpc) is 2.60. The zero-order chi connectivity index (χ0) is 17.7. The molecule has 0 aromatic heterocycles. The first kappa shape index (κ1) is 17.8. The van der Waals surface area contributed by atoms with Gasteiger partial charge < -0.3 is 9.47 Å². The first-order valence-corrected chi connectivity index (χ1v) is 8.64. The van der Waals surface area contributed by atoms with Gasteiger partial charge in [-0.15, -0.1) is 0 Å². The summed E-state index contributed by atoms with van der Waals surface area (Å²) in [5, 5.41) is 8.79. The molecule has 0 fully saturated rings. The van der Waals surface area contributed by atoms with Crippen molar-refractivity contribution in [2.45, 2.75) is 17.9 Å². The molecule has 0 spiro atoms. The van der Waals surface area contributed by atoms with Gasteiger partial charge in [0.1, 0.15) is 11.5 Å². The lowest BCUT2D eigenvalue weighted by Gasteiger charge is -2.18. The lowest BCUT2D eigenvalue weighted by molar-refractivity contribution is 0.395. The Kier molecular flexibility index (Phi) is 5.44. The number of benzene rings is 2. The maximum absolute atomic E-state index is 12.5. The van der Waals surface area contributed by atoms with E-state index in [1.807, 2.05) is 6.07 Å². The molecule has 24 heavy (non-hydrogen) atoms. The molecule has 0 aliphatic heterocycles. The molecule has 0 bridgehead atoms. The lowest BCUT2D eigenvalue weighted by atomic mass is 10.1. The van der Waals surface area contributed by atoms with Crippen molar-refractivity contribution >= 4 is 10.0 Å². The van der Waals surface area contributed by atoms with Crippen LogP contribution in [0.2, 0.25) is 0 Å². The second-order valence-corrected chi connectivity index (χ2v) is 6.80. The van der Waals surface area contributed by atoms with Gasteiger partial charge in [-0.05, 0) is 49.4 Å². The summed E-state index contributed by atoms with van der Waals surface area (Å²) in [4.78, 5) is 0.0928. The molecule has 0 saturated heterocycles. The Bertz CT molecular complexity index is 855. The van der Waals surface area contributed by atoms with E-state index in [2.05, 4.69) is 4.72 Å². The predicted octanol–water partition coefficient (Wildman–Crippen LogP) is 2.61. The van der Waals surface area contributed by atoms with Gasteiger partial charge in [0.05, 0.1) is 30.7 Å². The number of ether oxygens (including phenoxy) is 2. The molecule has 1 atom stereocenters. The highest BCUT2D eigenvalue weighted by atomic mass is 32.2. The van der Waals surface area contributed by atoms with E-state index < -0.39 is 16.1 Å². The highest BCUT2D eigenvalue weighted by Gasteiger charge is 2.21. The van der Waals surface area contributed by atoms with Gasteiger partial charge in [0.15, 0.2) is 0 Å². The molecule has 2 rings (SSSR count). The number of hydrogen-bond acceptors (Lipinski definition) is 5. The Labute approximate surface area is 141 Å². The summed E-state index contributed by atoms with van der Waals surface area (Å²) in [5.74, 6) is 1.17. The fourth-order valence-electron chi connectivity index (χ4n) is 2.25. The monoisotopic (exact) mass is 346 g/mol. The van der Waals surface area contributed by atoms with Gasteiger partial charge in [-0.25, -0.2) is 13.1 Å². The van der Waals surface area contributed by atoms with Gasteiger partial charge in [0.25, 0.3) is 0 Å². The SMILES string of the molecule is COc1ccc(OC)c([C@H](C)NS(=O)(=O)c2ccc(C#N)cc2)c1. The van der Waals surface area contributed by atoms with E-state index in [9.17, 15) is 8.42 Å². The summed E-state index contributed by atoms with van der Waals surface area (Å²) in [6, 6.07) is 12.3. The van der Waals surface area contributed by atoms with E-state index in [1.165, 1.54) is 38.5 Å². The number of sulfonamides is 1. The van der Waals surface area contributed by atoms with Gasteiger partial charge in [-0.3, -0.25) is 0 Å². The molecule has 1 N–H and O–H groups in total. The van der Waals surface area contributed by atoms with Crippen molar-refractivity contribution in [3.8, 4) is 17.6 Å². The number of methoxy groups -OCH3 is 2. The average molecular weight is 346 g/mol. The Hall–Kier alpha value is -2.56. The molecular formula is C17H18N2O4S. The number of nitrogens with one attached hydrogen (secondary N) is 1. The molecular weight excluding hydrogens is 328 g/mol. The molecule has 126 valence electrons. The minimum Gasteiger partial charge on any atom is -0.497 e. The third-order valence-electron chi connectivity index (χ3n) is 3.53. The third-order valence-corrected chi connectivity index (χ3v) is 5.09. The fourth-order valence-corrected chi connectivity index (χ4v) is 3.47. The summed E-state index contributed by atoms with van der Waals surface area (Å²) in [7, 11) is -0.673. The Morgan fingerprint density at radius 3 is 2.29 bits per heavy atom. The minimum atomic E-state index is -3.73. The molecule has 0 amide bonds. The maximum atomic E-state index is 12.5. The van der Waals surface area contributed by atoms with Crippen LogP contribution in [-0.2, 0) is 10.0 Å². The molecule has 2 aromatic rings. The molecule has 0 unspecified atom stereocenters. The Morgan fingerprint density at radius 1 is 1.08 bits per heavy atom. The van der Waals surface area contributed by atoms with E-state index in [0.29, 0.717) is 22.6 Å². The van der Waals surface area contributed by atoms with E-state index in [-0.39, 0.29) is 4.90 Å². The van der Waals surface area contributed by atoms with E-state index in [1.54, 1.807) is 25.1 Å². The van der Waals surface area contributed by atoms with Gasteiger partial charge in [0, 0.05) is 11.6 Å². The molecule has 2 aromatic carbocycles. The van der Waals surface area contributed by atoms with Crippen molar-refractivity contribution in [2.24, 2.45) is 0 Å². The van der Waals surface area contributed by atoms with Crippen molar-refractivity contribution in [1.29, 1.82) is 5.26 Å². The first-order chi connectivity index (χ1) is 11.4. The summed E-state index contributed by atoms with van der Waals surface area (Å²) in [5.41, 5.74) is 1.06. The van der Waals surface area contributed by atoms with Crippen LogP contribution >= 0.6 is 0 Å². The summed E-state index contributed by atoms with van der Waals surface area (Å²) in [6.45, 7) is 1.72. The predicted molar refractivity (Wildman–Crippen MR) is 89.4 cm³/mol. The van der Waals surface area contributed by atoms with Crippen LogP contribution in [0.1, 0.15) is 24.1 Å². The van der Waals surface area contributed by atoms with Crippen molar-refractivity contribution in [1.82, 2.24) is 4.72 Å². The van der Waals surface area contributed by atoms with Gasteiger partial charge in [0.2, 0.25) is 10.0 Å². The Balaban J connectivity index is 2.30. The molecule has 0 saturated carbocycles. The van der Waals surface area contributed by atoms with Crippen LogP contribution in [-0.4, -0.2) is 22.6 Å². The van der Waals surface area contributed by atoms with Crippen molar-refractivity contribution in [2.75, 3.05) is 14.2 Å². The molecule has 0 radical (unpaired) electrons. The van der Waals surface area contributed by atoms with Gasteiger partial charge >= 0.3 is 0 Å². The minimum absolute atomic E-state index is 0.0928. The zero-order valence-electron chi connectivity index (χ0n) is 13.6. The van der Waals surface area contributed by atoms with Crippen LogP contribution in [0.15, 0.2) is 47.4 Å². The van der Waals surface area contributed by atoms with Crippen LogP contribution in [0.4, 0.5) is 0 Å². The first-order valence-electron chi connectivity index (χ1n) is 7.15. The molecule has 0 heterocycles. The standard InChI is InChI=1S/C17H18N2O4S/c1-12(16-10-14(22-2)6-9-17(16)23-3)19-24(20,21)15-7-4-13(11-18)5-8-15/h4-10,12,19H,1-3H3/t12-/m0/s1. The second kappa shape index (κ2) is 7.34. The highest BCUT2D eigenvalue weighted by molar-refractivity contribution is 7.89. The third kappa shape index (κ3) is 3.85. The van der Waals surface area contributed by atoms with E-state index >= 15 is 0 Å². The summed E-state index contributed by atoms with van der Waals surface area (Å²) >= 11 is 0. The van der Waals surface area contributed by atoms with Crippen molar-refractivity contribution in [3.63, 3.8) is 0 Å². The van der Waals surface area contributed by atoms with Crippen LogP contribution in [0.5, 0.6) is 11.5 Å². The summed E-state index contributed by atoms with van der Waals surface area (Å²) in [6.07, 6.45) is 0. The van der Waals surface area contributed by atoms with E-state index in [4.69, 9.17) is 14.7 Å². The van der Waals surface area contributed by atoms with Gasteiger partial charge in [-0.1, -0.05) is 0 Å². The molecule has 6 nitrogen and oxygen atoms in total. The van der Waals surface area contributed by atoms with Crippen molar-refractivity contribution < 1.29 is 17.9 Å². The van der Waals surface area contributed by atoms with E-state index in [0.717, 1.165) is 0 Å². The number of hydrogen-bond donors (Lipinski definition) is 1. The normalized spacial score (nSPS) is 12.2. The number of rotatable bonds is 6. The largest absolute Gasteiger partial charge is 0.497 e. The highest BCUT2D eigenvalue weighted by Crippen LogP contribution is 2.30. The zero-order valence-corrected chi connectivity index (χ0v) is 14.4. The molecule has 0 aliphatic rings. The van der Waals surface area contributed by atoms with Crippen molar-refractivity contribution in [3.05, 3.63) is 53.6 Å². The lowest BCUT2D eigenvalue weighted by Crippen LogP contribution is -2.27. The fraction of sp³-hybridized carbons (Fsp3) is 0.235. The summed E-state index contributed by atoms with van der Waals surface area (Å²) < 4.78 is 38.1. The topological polar surface area (TPSA) is 88.4 Å². The van der Waals surface area contributed by atoms with Crippen LogP contribution in [0.25, 0.3) is 0 Å².